The number of nitrogen functional groups attached to an aromatic ring is 1. The van der Waals surface area contributed by atoms with Crippen LogP contribution in [0.5, 0.6) is 0 Å². The number of aromatic carboxylic acids is 1. The molecule has 2 rings (SSSR count). The first-order chi connectivity index (χ1) is 8.56. The van der Waals surface area contributed by atoms with E-state index in [4.69, 9.17) is 10.8 Å². The van der Waals surface area contributed by atoms with Gasteiger partial charge in [-0.15, -0.1) is 0 Å². The molecule has 18 heavy (non-hydrogen) atoms. The van der Waals surface area contributed by atoms with Crippen molar-refractivity contribution in [1.29, 1.82) is 0 Å². The van der Waals surface area contributed by atoms with Gasteiger partial charge in [0.05, 0.1) is 16.9 Å². The van der Waals surface area contributed by atoms with Gasteiger partial charge in [0.25, 0.3) is 0 Å². The van der Waals surface area contributed by atoms with Gasteiger partial charge in [0.2, 0.25) is 0 Å². The molecule has 0 saturated heterocycles. The van der Waals surface area contributed by atoms with Gasteiger partial charge in [-0.3, -0.25) is 0 Å². The van der Waals surface area contributed by atoms with Crippen molar-refractivity contribution >= 4 is 45.6 Å². The molecular formula is C13H11IN2O2. The molecule has 0 unspecified atom stereocenters. The second kappa shape index (κ2) is 5.26. The van der Waals surface area contributed by atoms with Gasteiger partial charge < -0.3 is 16.2 Å². The predicted octanol–water partition coefficient (Wildman–Crippen LogP) is 3.32. The second-order valence-electron chi connectivity index (χ2n) is 3.74. The summed E-state index contributed by atoms with van der Waals surface area (Å²) in [7, 11) is 0. The van der Waals surface area contributed by atoms with Crippen LogP contribution in [0, 0.1) is 3.57 Å². The first-order valence-electron chi connectivity index (χ1n) is 5.21. The Labute approximate surface area is 118 Å². The van der Waals surface area contributed by atoms with Crippen molar-refractivity contribution in [2.75, 3.05) is 11.1 Å². The van der Waals surface area contributed by atoms with E-state index in [9.17, 15) is 4.79 Å². The van der Waals surface area contributed by atoms with E-state index in [1.165, 1.54) is 12.1 Å². The molecule has 0 aliphatic carbocycles. The van der Waals surface area contributed by atoms with Crippen LogP contribution in [0.15, 0.2) is 42.5 Å². The Kier molecular flexibility index (Phi) is 3.71. The Morgan fingerprint density at radius 2 is 2.00 bits per heavy atom. The maximum absolute atomic E-state index is 10.8. The maximum atomic E-state index is 10.8. The van der Waals surface area contributed by atoms with E-state index in [0.717, 1.165) is 9.26 Å². The third kappa shape index (κ3) is 2.92. The lowest BCUT2D eigenvalue weighted by atomic mass is 10.1. The molecule has 4 N–H and O–H groups in total. The van der Waals surface area contributed by atoms with Crippen molar-refractivity contribution < 1.29 is 9.90 Å². The lowest BCUT2D eigenvalue weighted by Gasteiger charge is -2.10. The molecule has 0 heterocycles. The summed E-state index contributed by atoms with van der Waals surface area (Å²) in [6.07, 6.45) is 0. The van der Waals surface area contributed by atoms with E-state index in [1.54, 1.807) is 6.07 Å². The molecule has 0 radical (unpaired) electrons. The minimum Gasteiger partial charge on any atom is -0.478 e. The van der Waals surface area contributed by atoms with Crippen molar-refractivity contribution in [2.45, 2.75) is 0 Å². The number of hydrogen-bond donors (Lipinski definition) is 3. The Morgan fingerprint density at radius 1 is 1.22 bits per heavy atom. The molecule has 0 bridgehead atoms. The largest absolute Gasteiger partial charge is 0.478 e. The summed E-state index contributed by atoms with van der Waals surface area (Å²) in [5.41, 5.74) is 8.02. The Morgan fingerprint density at radius 3 is 2.61 bits per heavy atom. The number of benzene rings is 2. The molecule has 0 saturated carbocycles. The van der Waals surface area contributed by atoms with Crippen LogP contribution < -0.4 is 11.1 Å². The van der Waals surface area contributed by atoms with Crippen LogP contribution in [0.25, 0.3) is 0 Å². The Bertz CT molecular complexity index is 599. The molecule has 0 fully saturated rings. The molecule has 2 aromatic rings. The van der Waals surface area contributed by atoms with Gasteiger partial charge >= 0.3 is 5.97 Å². The lowest BCUT2D eigenvalue weighted by Crippen LogP contribution is -2.01. The number of rotatable bonds is 3. The van der Waals surface area contributed by atoms with E-state index in [2.05, 4.69) is 27.9 Å². The molecule has 0 amide bonds. The van der Waals surface area contributed by atoms with Crippen LogP contribution in [0.1, 0.15) is 10.4 Å². The number of hydrogen-bond acceptors (Lipinski definition) is 3. The SMILES string of the molecule is Nc1cc(C(=O)O)ccc1Nc1cccc(I)c1. The smallest absolute Gasteiger partial charge is 0.335 e. The molecular weight excluding hydrogens is 343 g/mol. The molecule has 0 aliphatic rings. The van der Waals surface area contributed by atoms with E-state index in [-0.39, 0.29) is 5.56 Å². The summed E-state index contributed by atoms with van der Waals surface area (Å²) in [4.78, 5) is 10.8. The summed E-state index contributed by atoms with van der Waals surface area (Å²) >= 11 is 2.22. The number of halogens is 1. The minimum atomic E-state index is -0.984. The zero-order chi connectivity index (χ0) is 13.1. The molecule has 5 heteroatoms. The molecule has 0 aliphatic heterocycles. The van der Waals surface area contributed by atoms with Crippen molar-refractivity contribution in [3.05, 3.63) is 51.6 Å². The highest BCUT2D eigenvalue weighted by Crippen LogP contribution is 2.25. The average Bonchev–Trinajstić information content (AvgIpc) is 2.31. The van der Waals surface area contributed by atoms with E-state index in [0.29, 0.717) is 11.4 Å². The number of nitrogens with two attached hydrogens (primary N) is 1. The van der Waals surface area contributed by atoms with E-state index in [1.807, 2.05) is 24.3 Å². The zero-order valence-electron chi connectivity index (χ0n) is 9.35. The van der Waals surface area contributed by atoms with Crippen LogP contribution in [0.2, 0.25) is 0 Å². The third-order valence-electron chi connectivity index (χ3n) is 2.40. The zero-order valence-corrected chi connectivity index (χ0v) is 11.5. The molecule has 2 aromatic carbocycles. The van der Waals surface area contributed by atoms with Gasteiger partial charge in [0.15, 0.2) is 0 Å². The minimum absolute atomic E-state index is 0.181. The predicted molar refractivity (Wildman–Crippen MR) is 80.3 cm³/mol. The number of carboxylic acid groups (broad SMARTS) is 1. The molecule has 0 aromatic heterocycles. The van der Waals surface area contributed by atoms with Crippen LogP contribution in [0.4, 0.5) is 17.1 Å². The van der Waals surface area contributed by atoms with E-state index < -0.39 is 5.97 Å². The summed E-state index contributed by atoms with van der Waals surface area (Å²) in [6, 6.07) is 12.5. The fourth-order valence-electron chi connectivity index (χ4n) is 1.53. The van der Waals surface area contributed by atoms with Gasteiger partial charge in [-0.2, -0.15) is 0 Å². The van der Waals surface area contributed by atoms with Crippen LogP contribution >= 0.6 is 22.6 Å². The van der Waals surface area contributed by atoms with Crippen molar-refractivity contribution in [3.63, 3.8) is 0 Å². The number of carboxylic acids is 1. The first-order valence-corrected chi connectivity index (χ1v) is 6.29. The third-order valence-corrected chi connectivity index (χ3v) is 3.07. The van der Waals surface area contributed by atoms with E-state index >= 15 is 0 Å². The topological polar surface area (TPSA) is 75.4 Å². The molecule has 0 atom stereocenters. The highest BCUT2D eigenvalue weighted by Gasteiger charge is 2.06. The van der Waals surface area contributed by atoms with Gasteiger partial charge in [-0.05, 0) is 59.0 Å². The second-order valence-corrected chi connectivity index (χ2v) is 4.99. The average molecular weight is 354 g/mol. The van der Waals surface area contributed by atoms with Gasteiger partial charge in [-0.1, -0.05) is 6.07 Å². The van der Waals surface area contributed by atoms with Crippen LogP contribution in [0.3, 0.4) is 0 Å². The highest BCUT2D eigenvalue weighted by molar-refractivity contribution is 14.1. The normalized spacial score (nSPS) is 10.1. The summed E-state index contributed by atoms with van der Waals surface area (Å²) < 4.78 is 1.11. The molecule has 92 valence electrons. The fourth-order valence-corrected chi connectivity index (χ4v) is 2.07. The quantitative estimate of drug-likeness (QED) is 0.584. The molecule has 4 nitrogen and oxygen atoms in total. The molecule has 0 spiro atoms. The van der Waals surface area contributed by atoms with Crippen LogP contribution in [-0.2, 0) is 0 Å². The lowest BCUT2D eigenvalue weighted by molar-refractivity contribution is 0.0697. The number of nitrogens with one attached hydrogen (secondary N) is 1. The fraction of sp³-hybridized carbons (Fsp3) is 0. The summed E-state index contributed by atoms with van der Waals surface area (Å²) in [5, 5.41) is 12.0. The van der Waals surface area contributed by atoms with Crippen LogP contribution in [-0.4, -0.2) is 11.1 Å². The summed E-state index contributed by atoms with van der Waals surface area (Å²) in [6.45, 7) is 0. The van der Waals surface area contributed by atoms with Crippen molar-refractivity contribution in [1.82, 2.24) is 0 Å². The summed E-state index contributed by atoms with van der Waals surface area (Å²) in [5.74, 6) is -0.984. The maximum Gasteiger partial charge on any atom is 0.335 e. The number of carbonyl (C=O) groups is 1. The number of anilines is 3. The van der Waals surface area contributed by atoms with Crippen molar-refractivity contribution in [2.24, 2.45) is 0 Å². The first kappa shape index (κ1) is 12.7. The van der Waals surface area contributed by atoms with Crippen molar-refractivity contribution in [3.8, 4) is 0 Å². The standard InChI is InChI=1S/C13H11IN2O2/c14-9-2-1-3-10(7-9)16-12-5-4-8(13(17)18)6-11(12)15/h1-7,16H,15H2,(H,17,18). The monoisotopic (exact) mass is 354 g/mol. The van der Waals surface area contributed by atoms with Gasteiger partial charge in [-0.25, -0.2) is 4.79 Å². The Balaban J connectivity index is 2.27. The Hall–Kier alpha value is -1.76. The highest BCUT2D eigenvalue weighted by atomic mass is 127. The van der Waals surface area contributed by atoms with Gasteiger partial charge in [0, 0.05) is 9.26 Å². The van der Waals surface area contributed by atoms with Gasteiger partial charge in [0.1, 0.15) is 0 Å².